The van der Waals surface area contributed by atoms with E-state index in [-0.39, 0.29) is 19.0 Å². The van der Waals surface area contributed by atoms with Crippen LogP contribution in [0.25, 0.3) is 0 Å². The van der Waals surface area contributed by atoms with Crippen LogP contribution >= 0.6 is 0 Å². The van der Waals surface area contributed by atoms with Gasteiger partial charge in [-0.1, -0.05) is 0 Å². The molecule has 2 rings (SSSR count). The highest BCUT2D eigenvalue weighted by Gasteiger charge is 2.50. The molecule has 0 spiro atoms. The average Bonchev–Trinajstić information content (AvgIpc) is 3.05. The van der Waals surface area contributed by atoms with E-state index < -0.39 is 15.5 Å². The van der Waals surface area contributed by atoms with Gasteiger partial charge in [-0.05, 0) is 38.5 Å². The summed E-state index contributed by atoms with van der Waals surface area (Å²) in [5, 5.41) is 3.24. The molecule has 0 radical (unpaired) electrons. The number of aliphatic imine (C=N–C) groups is 1. The number of nitrogens with one attached hydrogen (secondary N) is 1. The molecule has 0 atom stereocenters. The van der Waals surface area contributed by atoms with Crippen molar-refractivity contribution < 1.29 is 21.6 Å². The van der Waals surface area contributed by atoms with Gasteiger partial charge in [0.1, 0.15) is 0 Å². The Labute approximate surface area is 141 Å². The van der Waals surface area contributed by atoms with Crippen molar-refractivity contribution >= 4 is 16.0 Å². The summed E-state index contributed by atoms with van der Waals surface area (Å²) in [7, 11) is -5.20. The van der Waals surface area contributed by atoms with Crippen molar-refractivity contribution in [3.05, 3.63) is 0 Å². The van der Waals surface area contributed by atoms with Crippen LogP contribution in [0.4, 0.5) is 13.2 Å². The van der Waals surface area contributed by atoms with E-state index in [9.17, 15) is 21.6 Å². The molecule has 10 heteroatoms. The zero-order chi connectivity index (χ0) is 17.8. The summed E-state index contributed by atoms with van der Waals surface area (Å²) in [4.78, 5) is 6.78. The summed E-state index contributed by atoms with van der Waals surface area (Å²) < 4.78 is 61.0. The van der Waals surface area contributed by atoms with Crippen molar-refractivity contribution in [2.45, 2.75) is 38.1 Å². The molecule has 2 fully saturated rings. The van der Waals surface area contributed by atoms with Crippen LogP contribution in [-0.4, -0.2) is 68.4 Å². The zero-order valence-electron chi connectivity index (χ0n) is 13.8. The number of nitrogens with zero attached hydrogens (tertiary/aromatic N) is 3. The van der Waals surface area contributed by atoms with Crippen molar-refractivity contribution in [1.29, 1.82) is 0 Å². The van der Waals surface area contributed by atoms with Crippen molar-refractivity contribution in [3.8, 4) is 0 Å². The Balaban J connectivity index is 1.89. The van der Waals surface area contributed by atoms with Gasteiger partial charge in [0.25, 0.3) is 0 Å². The van der Waals surface area contributed by atoms with Gasteiger partial charge in [0.2, 0.25) is 0 Å². The number of guanidine groups is 1. The fourth-order valence-electron chi connectivity index (χ4n) is 3.05. The van der Waals surface area contributed by atoms with Crippen molar-refractivity contribution in [3.63, 3.8) is 0 Å². The van der Waals surface area contributed by atoms with E-state index in [0.717, 1.165) is 38.4 Å². The first-order chi connectivity index (χ1) is 11.3. The average molecular weight is 370 g/mol. The number of halogens is 3. The quantitative estimate of drug-likeness (QED) is 0.603. The summed E-state index contributed by atoms with van der Waals surface area (Å²) in [5.41, 5.74) is -5.22. The fraction of sp³-hybridized carbons (Fsp3) is 0.929. The van der Waals surface area contributed by atoms with E-state index in [1.54, 1.807) is 0 Å². The molecule has 0 bridgehead atoms. The predicted octanol–water partition coefficient (Wildman–Crippen LogP) is 1.61. The molecule has 0 saturated carbocycles. The fourth-order valence-corrected chi connectivity index (χ4v) is 4.03. The molecule has 1 N–H and O–H groups in total. The lowest BCUT2D eigenvalue weighted by molar-refractivity contribution is -0.0496. The molecule has 6 nitrogen and oxygen atoms in total. The summed E-state index contributed by atoms with van der Waals surface area (Å²) in [6.45, 7) is 5.01. The van der Waals surface area contributed by atoms with Crippen LogP contribution in [-0.2, 0) is 10.0 Å². The number of alkyl halides is 3. The molecular weight excluding hydrogens is 345 g/mol. The Bertz CT molecular complexity index is 537. The number of likely N-dealkylation sites (tertiary alicyclic amines) is 1. The Hall–Kier alpha value is -1.03. The van der Waals surface area contributed by atoms with Crippen LogP contribution in [0, 0.1) is 5.92 Å². The van der Waals surface area contributed by atoms with Gasteiger partial charge in [0, 0.05) is 39.3 Å². The second-order valence-electron chi connectivity index (χ2n) is 6.18. The number of sulfonamides is 1. The highest BCUT2D eigenvalue weighted by atomic mass is 32.2. The standard InChI is InChI=1S/C14H25F3N4O2S/c1-2-18-13(20-7-3-4-8-20)19-11-12-5-9-21(10-6-12)24(22,23)14(15,16)17/h12H,2-11H2,1H3,(H,18,19). The molecule has 140 valence electrons. The third-order valence-electron chi connectivity index (χ3n) is 4.45. The minimum atomic E-state index is -5.22. The maximum Gasteiger partial charge on any atom is 0.511 e. The molecule has 2 aliphatic heterocycles. The third kappa shape index (κ3) is 4.53. The monoisotopic (exact) mass is 370 g/mol. The van der Waals surface area contributed by atoms with E-state index >= 15 is 0 Å². The maximum atomic E-state index is 12.6. The van der Waals surface area contributed by atoms with Gasteiger partial charge in [-0.15, -0.1) is 0 Å². The molecule has 0 aromatic carbocycles. The lowest BCUT2D eigenvalue weighted by Crippen LogP contribution is -2.45. The first-order valence-corrected chi connectivity index (χ1v) is 9.79. The van der Waals surface area contributed by atoms with Gasteiger partial charge in [-0.2, -0.15) is 17.5 Å². The first-order valence-electron chi connectivity index (χ1n) is 8.35. The SMILES string of the molecule is CCNC(=NCC1CCN(S(=O)(=O)C(F)(F)F)CC1)N1CCCC1. The molecule has 0 unspecified atom stereocenters. The lowest BCUT2D eigenvalue weighted by atomic mass is 9.98. The highest BCUT2D eigenvalue weighted by Crippen LogP contribution is 2.30. The molecule has 24 heavy (non-hydrogen) atoms. The number of hydrogen-bond acceptors (Lipinski definition) is 3. The molecule has 2 heterocycles. The number of rotatable bonds is 4. The van der Waals surface area contributed by atoms with Crippen molar-refractivity contribution in [2.24, 2.45) is 10.9 Å². The highest BCUT2D eigenvalue weighted by molar-refractivity contribution is 7.90. The van der Waals surface area contributed by atoms with Crippen LogP contribution < -0.4 is 5.32 Å². The van der Waals surface area contributed by atoms with Gasteiger partial charge in [-0.3, -0.25) is 4.99 Å². The van der Waals surface area contributed by atoms with E-state index in [2.05, 4.69) is 15.2 Å². The summed E-state index contributed by atoms with van der Waals surface area (Å²) in [6.07, 6.45) is 3.08. The molecule has 0 aliphatic carbocycles. The second kappa shape index (κ2) is 7.90. The van der Waals surface area contributed by atoms with E-state index in [0.29, 0.717) is 23.7 Å². The van der Waals surface area contributed by atoms with Gasteiger partial charge >= 0.3 is 15.5 Å². The van der Waals surface area contributed by atoms with Gasteiger partial charge in [0.15, 0.2) is 5.96 Å². The van der Waals surface area contributed by atoms with Crippen molar-refractivity contribution in [2.75, 3.05) is 39.3 Å². The Kier molecular flexibility index (Phi) is 6.35. The van der Waals surface area contributed by atoms with Crippen LogP contribution in [0.2, 0.25) is 0 Å². The van der Waals surface area contributed by atoms with Crippen molar-refractivity contribution in [1.82, 2.24) is 14.5 Å². The summed E-state index contributed by atoms with van der Waals surface area (Å²) in [5.74, 6) is 0.960. The Morgan fingerprint density at radius 2 is 1.75 bits per heavy atom. The van der Waals surface area contributed by atoms with Gasteiger partial charge in [0.05, 0.1) is 0 Å². The van der Waals surface area contributed by atoms with Gasteiger partial charge in [-0.25, -0.2) is 8.42 Å². The minimum absolute atomic E-state index is 0.0950. The smallest absolute Gasteiger partial charge is 0.357 e. The lowest BCUT2D eigenvalue weighted by Gasteiger charge is -2.31. The second-order valence-corrected chi connectivity index (χ2v) is 8.11. The molecule has 2 saturated heterocycles. The first kappa shape index (κ1) is 19.3. The van der Waals surface area contributed by atoms with Crippen LogP contribution in [0.15, 0.2) is 4.99 Å². The number of hydrogen-bond donors (Lipinski definition) is 1. The van der Waals surface area contributed by atoms with E-state index in [4.69, 9.17) is 0 Å². The third-order valence-corrected chi connectivity index (χ3v) is 6.08. The summed E-state index contributed by atoms with van der Waals surface area (Å²) >= 11 is 0. The van der Waals surface area contributed by atoms with E-state index in [1.165, 1.54) is 0 Å². The molecular formula is C14H25F3N4O2S. The molecule has 0 amide bonds. The minimum Gasteiger partial charge on any atom is -0.357 e. The zero-order valence-corrected chi connectivity index (χ0v) is 14.7. The summed E-state index contributed by atoms with van der Waals surface area (Å²) in [6, 6.07) is 0. The molecule has 0 aromatic rings. The largest absolute Gasteiger partial charge is 0.511 e. The van der Waals surface area contributed by atoms with Gasteiger partial charge < -0.3 is 10.2 Å². The van der Waals surface area contributed by atoms with Crippen LogP contribution in [0.3, 0.4) is 0 Å². The normalized spacial score (nSPS) is 22.2. The molecule has 2 aliphatic rings. The molecule has 0 aromatic heterocycles. The van der Waals surface area contributed by atoms with Crippen LogP contribution in [0.1, 0.15) is 32.6 Å². The predicted molar refractivity (Wildman–Crippen MR) is 86.1 cm³/mol. The van der Waals surface area contributed by atoms with E-state index in [1.807, 2.05) is 6.92 Å². The Morgan fingerprint density at radius 3 is 2.25 bits per heavy atom. The number of piperidine rings is 1. The maximum absolute atomic E-state index is 12.6. The Morgan fingerprint density at radius 1 is 1.17 bits per heavy atom. The van der Waals surface area contributed by atoms with Crippen LogP contribution in [0.5, 0.6) is 0 Å². The topological polar surface area (TPSA) is 65.0 Å².